The van der Waals surface area contributed by atoms with Gasteiger partial charge in [0, 0.05) is 30.1 Å². The molecular formula is C21H30ClN3O5S. The monoisotopic (exact) mass is 471 g/mol. The van der Waals surface area contributed by atoms with Crippen LogP contribution in [-0.2, 0) is 14.8 Å². The number of carbonyl (C=O) groups is 2. The summed E-state index contributed by atoms with van der Waals surface area (Å²) in [6, 6.07) is 5.03. The number of rotatable bonds is 3. The predicted molar refractivity (Wildman–Crippen MR) is 119 cm³/mol. The number of benzene rings is 1. The zero-order chi connectivity index (χ0) is 22.5. The smallest absolute Gasteiger partial charge is 0.255 e. The maximum atomic E-state index is 12.9. The molecule has 8 nitrogen and oxygen atoms in total. The van der Waals surface area contributed by atoms with Crippen LogP contribution >= 0.6 is 11.6 Å². The number of carbonyl (C=O) groups excluding carboxylic acids is 2. The van der Waals surface area contributed by atoms with Crippen LogP contribution in [0.1, 0.15) is 48.9 Å². The van der Waals surface area contributed by atoms with Gasteiger partial charge in [-0.3, -0.25) is 9.59 Å². The van der Waals surface area contributed by atoms with Gasteiger partial charge < -0.3 is 15.0 Å². The number of halogens is 1. The minimum absolute atomic E-state index is 0.243. The molecule has 3 rings (SSSR count). The SMILES string of the molecule is CS(=O)(=O)NCC(=O)N1CCCC2(CCCCCOc3ccc(Cl)cc3C(=O)NC2)C1. The normalized spacial score (nSPS) is 23.2. The fourth-order valence-electron chi connectivity index (χ4n) is 4.29. The number of fused-ring (bicyclic) bond motifs is 1. The van der Waals surface area contributed by atoms with Crippen molar-refractivity contribution in [3.8, 4) is 5.75 Å². The standard InChI is InChI=1S/C21H30ClN3O5S/c1-31(28,29)24-13-19(26)25-10-5-9-21(15-25)8-3-2-4-11-30-18-7-6-16(22)12-17(18)20(27)23-14-21/h6-7,12,24H,2-5,8-11,13-15H2,1H3,(H,23,27). The van der Waals surface area contributed by atoms with E-state index in [1.165, 1.54) is 0 Å². The van der Waals surface area contributed by atoms with Crippen molar-refractivity contribution in [2.45, 2.75) is 38.5 Å². The number of hydrogen-bond donors (Lipinski definition) is 2. The Balaban J connectivity index is 1.75. The van der Waals surface area contributed by atoms with E-state index in [0.717, 1.165) is 44.8 Å². The van der Waals surface area contributed by atoms with Gasteiger partial charge in [0.25, 0.3) is 5.91 Å². The fourth-order valence-corrected chi connectivity index (χ4v) is 4.85. The molecule has 1 saturated heterocycles. The summed E-state index contributed by atoms with van der Waals surface area (Å²) in [6.07, 6.45) is 6.45. The third-order valence-electron chi connectivity index (χ3n) is 5.92. The van der Waals surface area contributed by atoms with Crippen LogP contribution < -0.4 is 14.8 Å². The molecule has 0 bridgehead atoms. The lowest BCUT2D eigenvalue weighted by Gasteiger charge is -2.43. The Morgan fingerprint density at radius 1 is 1.26 bits per heavy atom. The summed E-state index contributed by atoms with van der Waals surface area (Å²) >= 11 is 6.10. The zero-order valence-electron chi connectivity index (χ0n) is 17.8. The number of sulfonamides is 1. The summed E-state index contributed by atoms with van der Waals surface area (Å²) in [6.45, 7) is 1.80. The first-order valence-electron chi connectivity index (χ1n) is 10.6. The summed E-state index contributed by atoms with van der Waals surface area (Å²) < 4.78 is 30.8. The lowest BCUT2D eigenvalue weighted by Crippen LogP contribution is -2.53. The highest BCUT2D eigenvalue weighted by atomic mass is 35.5. The highest BCUT2D eigenvalue weighted by Crippen LogP contribution is 2.35. The van der Waals surface area contributed by atoms with Gasteiger partial charge in [-0.15, -0.1) is 0 Å². The molecular weight excluding hydrogens is 442 g/mol. The second-order valence-corrected chi connectivity index (χ2v) is 10.8. The molecule has 0 aromatic heterocycles. The Labute approximate surface area is 188 Å². The molecule has 1 fully saturated rings. The average Bonchev–Trinajstić information content (AvgIpc) is 2.72. The van der Waals surface area contributed by atoms with Crippen LogP contribution in [-0.4, -0.2) is 64.2 Å². The van der Waals surface area contributed by atoms with E-state index in [-0.39, 0.29) is 23.8 Å². The van der Waals surface area contributed by atoms with Crippen LogP contribution in [0, 0.1) is 5.41 Å². The van der Waals surface area contributed by atoms with Crippen LogP contribution in [0.3, 0.4) is 0 Å². The molecule has 31 heavy (non-hydrogen) atoms. The number of nitrogens with one attached hydrogen (secondary N) is 2. The topological polar surface area (TPSA) is 105 Å². The van der Waals surface area contributed by atoms with E-state index in [2.05, 4.69) is 10.0 Å². The van der Waals surface area contributed by atoms with Gasteiger partial charge in [-0.05, 0) is 43.9 Å². The summed E-state index contributed by atoms with van der Waals surface area (Å²) in [7, 11) is -3.43. The molecule has 2 amide bonds. The number of likely N-dealkylation sites (tertiary alicyclic amines) is 1. The molecule has 0 radical (unpaired) electrons. The van der Waals surface area contributed by atoms with E-state index in [4.69, 9.17) is 16.3 Å². The zero-order valence-corrected chi connectivity index (χ0v) is 19.4. The quantitative estimate of drug-likeness (QED) is 0.703. The number of amides is 2. The molecule has 0 saturated carbocycles. The van der Waals surface area contributed by atoms with Gasteiger partial charge in [0.05, 0.1) is 25.0 Å². The van der Waals surface area contributed by atoms with Gasteiger partial charge >= 0.3 is 0 Å². The molecule has 10 heteroatoms. The van der Waals surface area contributed by atoms with E-state index in [1.807, 2.05) is 0 Å². The third-order valence-corrected chi connectivity index (χ3v) is 6.82. The van der Waals surface area contributed by atoms with Gasteiger partial charge in [-0.1, -0.05) is 24.4 Å². The molecule has 172 valence electrons. The van der Waals surface area contributed by atoms with Gasteiger partial charge in [-0.25, -0.2) is 13.1 Å². The highest BCUT2D eigenvalue weighted by molar-refractivity contribution is 7.88. The number of piperidine rings is 1. The molecule has 1 unspecified atom stereocenters. The summed E-state index contributed by atoms with van der Waals surface area (Å²) in [5.74, 6) is 0.0240. The number of ether oxygens (including phenoxy) is 1. The van der Waals surface area contributed by atoms with Crippen LogP contribution in [0.5, 0.6) is 5.75 Å². The highest BCUT2D eigenvalue weighted by Gasteiger charge is 2.37. The van der Waals surface area contributed by atoms with E-state index >= 15 is 0 Å². The largest absolute Gasteiger partial charge is 0.493 e. The Kier molecular flexibility index (Phi) is 7.82. The lowest BCUT2D eigenvalue weighted by molar-refractivity contribution is -0.133. The molecule has 1 aromatic rings. The van der Waals surface area contributed by atoms with E-state index in [1.54, 1.807) is 23.1 Å². The first-order chi connectivity index (χ1) is 14.7. The fraction of sp³-hybridized carbons (Fsp3) is 0.619. The van der Waals surface area contributed by atoms with Crippen molar-refractivity contribution >= 4 is 33.4 Å². The Morgan fingerprint density at radius 3 is 2.81 bits per heavy atom. The van der Waals surface area contributed by atoms with Crippen LogP contribution in [0.15, 0.2) is 18.2 Å². The van der Waals surface area contributed by atoms with Crippen molar-refractivity contribution < 1.29 is 22.7 Å². The average molecular weight is 472 g/mol. The molecule has 1 spiro atoms. The second-order valence-electron chi connectivity index (χ2n) is 8.49. The van der Waals surface area contributed by atoms with Gasteiger partial charge in [0.2, 0.25) is 15.9 Å². The van der Waals surface area contributed by atoms with Crippen LogP contribution in [0.2, 0.25) is 5.02 Å². The molecule has 2 aliphatic heterocycles. The van der Waals surface area contributed by atoms with Crippen molar-refractivity contribution in [3.05, 3.63) is 28.8 Å². The van der Waals surface area contributed by atoms with Crippen molar-refractivity contribution in [3.63, 3.8) is 0 Å². The molecule has 2 heterocycles. The molecule has 1 atom stereocenters. The second kappa shape index (κ2) is 10.2. The number of nitrogens with zero attached hydrogens (tertiary/aromatic N) is 1. The predicted octanol–water partition coefficient (Wildman–Crippen LogP) is 2.18. The minimum Gasteiger partial charge on any atom is -0.493 e. The maximum absolute atomic E-state index is 12.9. The van der Waals surface area contributed by atoms with Gasteiger partial charge in [-0.2, -0.15) is 0 Å². The van der Waals surface area contributed by atoms with Crippen LogP contribution in [0.25, 0.3) is 0 Å². The molecule has 2 aliphatic rings. The molecule has 0 aliphatic carbocycles. The van der Waals surface area contributed by atoms with Crippen molar-refractivity contribution in [2.75, 3.05) is 39.0 Å². The third kappa shape index (κ3) is 6.82. The minimum atomic E-state index is -3.43. The van der Waals surface area contributed by atoms with E-state index in [0.29, 0.717) is 42.6 Å². The Hall–Kier alpha value is -1.84. The lowest BCUT2D eigenvalue weighted by atomic mass is 9.75. The maximum Gasteiger partial charge on any atom is 0.255 e. The van der Waals surface area contributed by atoms with Crippen molar-refractivity contribution in [2.24, 2.45) is 5.41 Å². The first kappa shape index (κ1) is 23.8. The van der Waals surface area contributed by atoms with E-state index < -0.39 is 10.0 Å². The van der Waals surface area contributed by atoms with Crippen molar-refractivity contribution in [1.29, 1.82) is 0 Å². The van der Waals surface area contributed by atoms with Gasteiger partial charge in [0.1, 0.15) is 5.75 Å². The van der Waals surface area contributed by atoms with Crippen molar-refractivity contribution in [1.82, 2.24) is 14.9 Å². The Morgan fingerprint density at radius 2 is 2.03 bits per heavy atom. The Bertz CT molecular complexity index is 924. The summed E-state index contributed by atoms with van der Waals surface area (Å²) in [5.41, 5.74) is 0.164. The van der Waals surface area contributed by atoms with Crippen LogP contribution in [0.4, 0.5) is 0 Å². The van der Waals surface area contributed by atoms with E-state index in [9.17, 15) is 18.0 Å². The summed E-state index contributed by atoms with van der Waals surface area (Å²) in [5, 5.41) is 3.50. The summed E-state index contributed by atoms with van der Waals surface area (Å²) in [4.78, 5) is 27.2. The molecule has 2 N–H and O–H groups in total. The van der Waals surface area contributed by atoms with Gasteiger partial charge in [0.15, 0.2) is 0 Å². The number of hydrogen-bond acceptors (Lipinski definition) is 5. The molecule has 1 aromatic carbocycles. The first-order valence-corrected chi connectivity index (χ1v) is 12.9.